The van der Waals surface area contributed by atoms with E-state index < -0.39 is 5.97 Å². The van der Waals surface area contributed by atoms with Gasteiger partial charge in [0.1, 0.15) is 11.5 Å². The fourth-order valence-corrected chi connectivity index (χ4v) is 2.12. The molecular weight excluding hydrogens is 275 g/mol. The summed E-state index contributed by atoms with van der Waals surface area (Å²) >= 11 is 11.8. The van der Waals surface area contributed by atoms with E-state index in [9.17, 15) is 4.79 Å². The van der Waals surface area contributed by atoms with Crippen molar-refractivity contribution in [3.8, 4) is 11.3 Å². The number of carboxylic acid groups (broad SMARTS) is 1. The number of hydrogen-bond acceptors (Lipinski definition) is 2. The van der Waals surface area contributed by atoms with Crippen molar-refractivity contribution in [2.24, 2.45) is 0 Å². The first kappa shape index (κ1) is 13.0. The van der Waals surface area contributed by atoms with Gasteiger partial charge in [0.15, 0.2) is 0 Å². The normalized spacial score (nSPS) is 10.6. The van der Waals surface area contributed by atoms with Gasteiger partial charge in [0.2, 0.25) is 0 Å². The molecule has 0 aliphatic rings. The number of rotatable bonds is 4. The van der Waals surface area contributed by atoms with Gasteiger partial charge in [-0.1, -0.05) is 23.2 Å². The number of aliphatic carboxylic acids is 1. The Kier molecular flexibility index (Phi) is 3.94. The van der Waals surface area contributed by atoms with E-state index in [0.717, 1.165) is 5.56 Å². The van der Waals surface area contributed by atoms with Crippen LogP contribution < -0.4 is 0 Å². The first-order valence-corrected chi connectivity index (χ1v) is 6.07. The van der Waals surface area contributed by atoms with Gasteiger partial charge >= 0.3 is 5.97 Å². The van der Waals surface area contributed by atoms with E-state index in [1.807, 2.05) is 0 Å². The maximum Gasteiger partial charge on any atom is 0.303 e. The van der Waals surface area contributed by atoms with E-state index in [2.05, 4.69) is 0 Å². The van der Waals surface area contributed by atoms with Gasteiger partial charge in [0, 0.05) is 22.0 Å². The van der Waals surface area contributed by atoms with E-state index in [1.54, 1.807) is 30.3 Å². The van der Waals surface area contributed by atoms with Gasteiger partial charge in [-0.25, -0.2) is 0 Å². The molecule has 0 amide bonds. The van der Waals surface area contributed by atoms with Crippen molar-refractivity contribution in [2.75, 3.05) is 0 Å². The van der Waals surface area contributed by atoms with Crippen molar-refractivity contribution >= 4 is 29.2 Å². The molecule has 1 heterocycles. The van der Waals surface area contributed by atoms with Crippen LogP contribution in [0.15, 0.2) is 34.7 Å². The third kappa shape index (κ3) is 3.28. The lowest BCUT2D eigenvalue weighted by Gasteiger charge is -2.00. The standard InChI is InChI=1S/C13H10Cl2O3/c14-9-5-8(6-10(15)7-9)12-3-1-11(18-12)2-4-13(16)17/h1,3,5-7H,2,4H2,(H,16,17). The molecule has 94 valence electrons. The minimum atomic E-state index is -0.848. The Labute approximate surface area is 114 Å². The minimum absolute atomic E-state index is 0.0449. The lowest BCUT2D eigenvalue weighted by molar-refractivity contribution is -0.137. The molecule has 2 rings (SSSR count). The molecule has 0 spiro atoms. The second kappa shape index (κ2) is 5.46. The average molecular weight is 285 g/mol. The third-order valence-electron chi connectivity index (χ3n) is 2.39. The summed E-state index contributed by atoms with van der Waals surface area (Å²) in [6, 6.07) is 8.66. The summed E-state index contributed by atoms with van der Waals surface area (Å²) in [6.45, 7) is 0. The predicted octanol–water partition coefficient (Wildman–Crippen LogP) is 4.27. The van der Waals surface area contributed by atoms with Crippen molar-refractivity contribution in [3.63, 3.8) is 0 Å². The fourth-order valence-electron chi connectivity index (χ4n) is 1.59. The maximum absolute atomic E-state index is 10.5. The Balaban J connectivity index is 2.21. The highest BCUT2D eigenvalue weighted by Gasteiger charge is 2.08. The monoisotopic (exact) mass is 284 g/mol. The van der Waals surface area contributed by atoms with Gasteiger partial charge < -0.3 is 9.52 Å². The molecular formula is C13H10Cl2O3. The van der Waals surface area contributed by atoms with Crippen LogP contribution in [0.4, 0.5) is 0 Å². The highest BCUT2D eigenvalue weighted by molar-refractivity contribution is 6.35. The summed E-state index contributed by atoms with van der Waals surface area (Å²) in [4.78, 5) is 10.5. The molecule has 0 aliphatic carbocycles. The number of halogens is 2. The van der Waals surface area contributed by atoms with Crippen LogP contribution >= 0.6 is 23.2 Å². The van der Waals surface area contributed by atoms with Crippen LogP contribution in [0.5, 0.6) is 0 Å². The SMILES string of the molecule is O=C(O)CCc1ccc(-c2cc(Cl)cc(Cl)c2)o1. The first-order chi connectivity index (χ1) is 8.54. The zero-order valence-electron chi connectivity index (χ0n) is 9.32. The van der Waals surface area contributed by atoms with E-state index in [-0.39, 0.29) is 6.42 Å². The van der Waals surface area contributed by atoms with Gasteiger partial charge in [-0.3, -0.25) is 4.79 Å². The van der Waals surface area contributed by atoms with Crippen molar-refractivity contribution in [3.05, 3.63) is 46.1 Å². The van der Waals surface area contributed by atoms with Gasteiger partial charge in [0.05, 0.1) is 6.42 Å². The molecule has 0 radical (unpaired) electrons. The summed E-state index contributed by atoms with van der Waals surface area (Å²) in [7, 11) is 0. The Morgan fingerprint density at radius 3 is 2.44 bits per heavy atom. The molecule has 1 aromatic heterocycles. The highest BCUT2D eigenvalue weighted by atomic mass is 35.5. The van der Waals surface area contributed by atoms with Crippen molar-refractivity contribution in [2.45, 2.75) is 12.8 Å². The van der Waals surface area contributed by atoms with Gasteiger partial charge in [-0.2, -0.15) is 0 Å². The lowest BCUT2D eigenvalue weighted by Crippen LogP contribution is -1.96. The third-order valence-corrected chi connectivity index (χ3v) is 2.83. The van der Waals surface area contributed by atoms with Crippen LogP contribution in [0.3, 0.4) is 0 Å². The first-order valence-electron chi connectivity index (χ1n) is 5.31. The van der Waals surface area contributed by atoms with Crippen molar-refractivity contribution < 1.29 is 14.3 Å². The van der Waals surface area contributed by atoms with Crippen LogP contribution in [0.1, 0.15) is 12.2 Å². The summed E-state index contributed by atoms with van der Waals surface area (Å²) < 4.78 is 5.55. The Bertz CT molecular complexity index is 555. The molecule has 1 aromatic carbocycles. The molecule has 2 aromatic rings. The number of benzene rings is 1. The molecule has 0 atom stereocenters. The summed E-state index contributed by atoms with van der Waals surface area (Å²) in [5.74, 6) is 0.405. The largest absolute Gasteiger partial charge is 0.481 e. The van der Waals surface area contributed by atoms with E-state index in [1.165, 1.54) is 0 Å². The van der Waals surface area contributed by atoms with Crippen molar-refractivity contribution in [1.29, 1.82) is 0 Å². The van der Waals surface area contributed by atoms with Crippen LogP contribution in [0.25, 0.3) is 11.3 Å². The molecule has 0 fully saturated rings. The molecule has 0 bridgehead atoms. The molecule has 3 nitrogen and oxygen atoms in total. The Morgan fingerprint density at radius 1 is 1.17 bits per heavy atom. The average Bonchev–Trinajstić information content (AvgIpc) is 2.73. The quantitative estimate of drug-likeness (QED) is 0.912. The summed E-state index contributed by atoms with van der Waals surface area (Å²) in [5, 5.41) is 9.65. The number of furan rings is 1. The summed E-state index contributed by atoms with van der Waals surface area (Å²) in [6.07, 6.45) is 0.410. The Hall–Kier alpha value is -1.45. The predicted molar refractivity (Wildman–Crippen MR) is 70.1 cm³/mol. The Morgan fingerprint density at radius 2 is 1.83 bits per heavy atom. The molecule has 5 heteroatoms. The highest BCUT2D eigenvalue weighted by Crippen LogP contribution is 2.28. The zero-order chi connectivity index (χ0) is 13.1. The second-order valence-corrected chi connectivity index (χ2v) is 4.69. The van der Waals surface area contributed by atoms with Crippen LogP contribution in [0, 0.1) is 0 Å². The smallest absolute Gasteiger partial charge is 0.303 e. The lowest BCUT2D eigenvalue weighted by atomic mass is 10.2. The van der Waals surface area contributed by atoms with E-state index >= 15 is 0 Å². The zero-order valence-corrected chi connectivity index (χ0v) is 10.8. The number of hydrogen-bond donors (Lipinski definition) is 1. The number of carboxylic acids is 1. The van der Waals surface area contributed by atoms with Gasteiger partial charge in [0.25, 0.3) is 0 Å². The molecule has 1 N–H and O–H groups in total. The van der Waals surface area contributed by atoms with Gasteiger partial charge in [-0.15, -0.1) is 0 Å². The van der Waals surface area contributed by atoms with E-state index in [4.69, 9.17) is 32.7 Å². The number of carbonyl (C=O) groups is 1. The molecule has 0 saturated heterocycles. The van der Waals surface area contributed by atoms with Crippen molar-refractivity contribution in [1.82, 2.24) is 0 Å². The minimum Gasteiger partial charge on any atom is -0.481 e. The molecule has 0 unspecified atom stereocenters. The molecule has 0 aliphatic heterocycles. The fraction of sp³-hybridized carbons (Fsp3) is 0.154. The van der Waals surface area contributed by atoms with Gasteiger partial charge in [-0.05, 0) is 30.3 Å². The van der Waals surface area contributed by atoms with Crippen LogP contribution in [-0.2, 0) is 11.2 Å². The van der Waals surface area contributed by atoms with E-state index in [0.29, 0.717) is 28.0 Å². The van der Waals surface area contributed by atoms with Crippen LogP contribution in [0.2, 0.25) is 10.0 Å². The van der Waals surface area contributed by atoms with Crippen LogP contribution in [-0.4, -0.2) is 11.1 Å². The maximum atomic E-state index is 10.5. The second-order valence-electron chi connectivity index (χ2n) is 3.82. The molecule has 18 heavy (non-hydrogen) atoms. The number of aryl methyl sites for hydroxylation is 1. The topological polar surface area (TPSA) is 50.4 Å². The molecule has 0 saturated carbocycles. The summed E-state index contributed by atoms with van der Waals surface area (Å²) in [5.41, 5.74) is 0.772.